The molecule has 9 heteroatoms. The van der Waals surface area contributed by atoms with Gasteiger partial charge in [0.25, 0.3) is 5.56 Å². The fraction of sp³-hybridized carbons (Fsp3) is 0.368. The summed E-state index contributed by atoms with van der Waals surface area (Å²) in [7, 11) is 3.74. The minimum atomic E-state index is -0.225. The molecule has 1 atom stereocenters. The van der Waals surface area contributed by atoms with Crippen molar-refractivity contribution in [2.75, 3.05) is 20.7 Å². The van der Waals surface area contributed by atoms with Crippen molar-refractivity contribution in [2.24, 2.45) is 4.99 Å². The molecule has 146 valence electrons. The van der Waals surface area contributed by atoms with Gasteiger partial charge in [0, 0.05) is 20.7 Å². The molecule has 1 saturated heterocycles. The molecular formula is C19H21BrN6O2. The zero-order valence-electron chi connectivity index (χ0n) is 15.7. The van der Waals surface area contributed by atoms with Gasteiger partial charge in [0.2, 0.25) is 5.95 Å². The molecule has 0 saturated carbocycles. The molecule has 3 heterocycles. The zero-order valence-corrected chi connectivity index (χ0v) is 17.3. The van der Waals surface area contributed by atoms with Gasteiger partial charge in [0.15, 0.2) is 15.9 Å². The molecule has 0 bridgehead atoms. The third-order valence-corrected chi connectivity index (χ3v) is 5.08. The van der Waals surface area contributed by atoms with Crippen molar-refractivity contribution in [2.45, 2.75) is 25.6 Å². The Morgan fingerprint density at radius 1 is 1.32 bits per heavy atom. The number of nitrogens with zero attached hydrogens (tertiary/aromatic N) is 6. The molecule has 0 N–H and O–H groups in total. The summed E-state index contributed by atoms with van der Waals surface area (Å²) in [6, 6.07) is 9.77. The quantitative estimate of drug-likeness (QED) is 0.343. The van der Waals surface area contributed by atoms with E-state index in [1.165, 1.54) is 0 Å². The molecule has 2 aromatic heterocycles. The van der Waals surface area contributed by atoms with Crippen LogP contribution in [-0.2, 0) is 11.3 Å². The number of benzene rings is 1. The molecular weight excluding hydrogens is 424 g/mol. The smallest absolute Gasteiger partial charge is 0.283 e. The fourth-order valence-electron chi connectivity index (χ4n) is 3.22. The minimum absolute atomic E-state index is 0.179. The Hall–Kier alpha value is -2.52. The van der Waals surface area contributed by atoms with Crippen molar-refractivity contribution in [1.82, 2.24) is 24.0 Å². The molecule has 0 spiro atoms. The molecule has 0 aliphatic carbocycles. The van der Waals surface area contributed by atoms with Crippen LogP contribution in [0, 0.1) is 0 Å². The second-order valence-corrected chi connectivity index (χ2v) is 7.60. The fourth-order valence-corrected chi connectivity index (χ4v) is 3.79. The van der Waals surface area contributed by atoms with Crippen LogP contribution in [0.3, 0.4) is 0 Å². The molecule has 1 aromatic carbocycles. The number of aromatic nitrogens is 4. The second-order valence-electron chi connectivity index (χ2n) is 6.89. The predicted octanol–water partition coefficient (Wildman–Crippen LogP) is 2.93. The highest BCUT2D eigenvalue weighted by Crippen LogP contribution is 2.30. The SMILES string of the molecule is CN(C)/C=N\c1nc2c(nc(Br)n2C2CCCO2)c(=O)n1Cc1ccccc1. The lowest BCUT2D eigenvalue weighted by Crippen LogP contribution is -2.23. The maximum absolute atomic E-state index is 13.3. The molecule has 28 heavy (non-hydrogen) atoms. The van der Waals surface area contributed by atoms with Crippen LogP contribution in [0.5, 0.6) is 0 Å². The Balaban J connectivity index is 1.90. The Labute approximate surface area is 170 Å². The number of ether oxygens (including phenoxy) is 1. The average molecular weight is 445 g/mol. The number of aliphatic imine (C=N–C) groups is 1. The van der Waals surface area contributed by atoms with Gasteiger partial charge < -0.3 is 9.64 Å². The molecule has 0 amide bonds. The van der Waals surface area contributed by atoms with Crippen LogP contribution in [0.1, 0.15) is 24.6 Å². The number of fused-ring (bicyclic) bond motifs is 1. The Kier molecular flexibility index (Phi) is 5.27. The lowest BCUT2D eigenvalue weighted by Gasteiger charge is -2.14. The van der Waals surface area contributed by atoms with Crippen LogP contribution in [0.25, 0.3) is 11.2 Å². The van der Waals surface area contributed by atoms with Crippen molar-refractivity contribution < 1.29 is 4.74 Å². The molecule has 8 nitrogen and oxygen atoms in total. The molecule has 3 aromatic rings. The van der Waals surface area contributed by atoms with Crippen LogP contribution >= 0.6 is 15.9 Å². The Morgan fingerprint density at radius 2 is 2.11 bits per heavy atom. The van der Waals surface area contributed by atoms with Crippen molar-refractivity contribution in [1.29, 1.82) is 0 Å². The summed E-state index contributed by atoms with van der Waals surface area (Å²) in [6.45, 7) is 1.06. The zero-order chi connectivity index (χ0) is 19.7. The maximum Gasteiger partial charge on any atom is 0.283 e. The molecule has 1 aliphatic rings. The van der Waals surface area contributed by atoms with Crippen LogP contribution in [0.15, 0.2) is 44.9 Å². The van der Waals surface area contributed by atoms with Gasteiger partial charge >= 0.3 is 0 Å². The minimum Gasteiger partial charge on any atom is -0.369 e. The number of halogens is 1. The van der Waals surface area contributed by atoms with Crippen molar-refractivity contribution in [3.63, 3.8) is 0 Å². The highest BCUT2D eigenvalue weighted by atomic mass is 79.9. The number of rotatable bonds is 5. The van der Waals surface area contributed by atoms with Crippen LogP contribution in [0.2, 0.25) is 0 Å². The third-order valence-electron chi connectivity index (χ3n) is 4.52. The summed E-state index contributed by atoms with van der Waals surface area (Å²) in [6.07, 6.45) is 3.28. The van der Waals surface area contributed by atoms with Gasteiger partial charge in [-0.15, -0.1) is 0 Å². The Bertz CT molecular complexity index is 1070. The second kappa shape index (κ2) is 7.84. The topological polar surface area (TPSA) is 77.5 Å². The van der Waals surface area contributed by atoms with Gasteiger partial charge in [0.1, 0.15) is 6.23 Å². The van der Waals surface area contributed by atoms with E-state index >= 15 is 0 Å². The van der Waals surface area contributed by atoms with E-state index < -0.39 is 0 Å². The summed E-state index contributed by atoms with van der Waals surface area (Å²) < 4.78 is 9.72. The first-order chi connectivity index (χ1) is 13.5. The lowest BCUT2D eigenvalue weighted by molar-refractivity contribution is 0.0576. The highest BCUT2D eigenvalue weighted by molar-refractivity contribution is 9.10. The standard InChI is InChI=1S/C19H21BrN6O2/c1-24(2)12-21-19-23-16-15(22-18(20)26(16)14-9-6-10-28-14)17(27)25(19)11-13-7-4-3-5-8-13/h3-5,7-8,12,14H,6,9-11H2,1-2H3/b21-12-. The first-order valence-electron chi connectivity index (χ1n) is 9.09. The van der Waals surface area contributed by atoms with E-state index in [9.17, 15) is 4.79 Å². The monoisotopic (exact) mass is 444 g/mol. The largest absolute Gasteiger partial charge is 0.369 e. The number of hydrogen-bond acceptors (Lipinski definition) is 5. The molecule has 1 aliphatic heterocycles. The highest BCUT2D eigenvalue weighted by Gasteiger charge is 2.26. The van der Waals surface area contributed by atoms with Crippen LogP contribution in [-0.4, -0.2) is 51.0 Å². The van der Waals surface area contributed by atoms with Crippen LogP contribution < -0.4 is 5.56 Å². The van der Waals surface area contributed by atoms with Crippen LogP contribution in [0.4, 0.5) is 5.95 Å². The van der Waals surface area contributed by atoms with Gasteiger partial charge in [-0.25, -0.2) is 9.98 Å². The van der Waals surface area contributed by atoms with Gasteiger partial charge in [-0.2, -0.15) is 4.98 Å². The summed E-state index contributed by atoms with van der Waals surface area (Å²) >= 11 is 3.47. The van der Waals surface area contributed by atoms with Crippen molar-refractivity contribution >= 4 is 39.4 Å². The van der Waals surface area contributed by atoms with E-state index in [1.54, 1.807) is 15.8 Å². The summed E-state index contributed by atoms with van der Waals surface area (Å²) in [5.74, 6) is 0.335. The lowest BCUT2D eigenvalue weighted by atomic mass is 10.2. The maximum atomic E-state index is 13.3. The van der Waals surface area contributed by atoms with E-state index in [1.807, 2.05) is 49.0 Å². The molecule has 1 unspecified atom stereocenters. The first kappa shape index (κ1) is 18.8. The van der Waals surface area contributed by atoms with E-state index in [0.29, 0.717) is 35.0 Å². The van der Waals surface area contributed by atoms with E-state index in [0.717, 1.165) is 18.4 Å². The summed E-state index contributed by atoms with van der Waals surface area (Å²) in [4.78, 5) is 28.7. The van der Waals surface area contributed by atoms with E-state index in [-0.39, 0.29) is 11.8 Å². The normalized spacial score (nSPS) is 17.0. The summed E-state index contributed by atoms with van der Waals surface area (Å²) in [5.41, 5.74) is 1.56. The van der Waals surface area contributed by atoms with Gasteiger partial charge in [-0.05, 0) is 34.3 Å². The van der Waals surface area contributed by atoms with E-state index in [2.05, 4.69) is 25.9 Å². The number of hydrogen-bond donors (Lipinski definition) is 0. The first-order valence-corrected chi connectivity index (χ1v) is 9.88. The molecule has 1 fully saturated rings. The third kappa shape index (κ3) is 3.59. The van der Waals surface area contributed by atoms with Gasteiger partial charge in [-0.1, -0.05) is 30.3 Å². The number of imidazole rings is 1. The molecule has 0 radical (unpaired) electrons. The predicted molar refractivity (Wildman–Crippen MR) is 111 cm³/mol. The van der Waals surface area contributed by atoms with Gasteiger partial charge in [0.05, 0.1) is 12.9 Å². The van der Waals surface area contributed by atoms with E-state index in [4.69, 9.17) is 9.72 Å². The average Bonchev–Trinajstić information content (AvgIpc) is 3.30. The summed E-state index contributed by atoms with van der Waals surface area (Å²) in [5, 5.41) is 0. The Morgan fingerprint density at radius 3 is 2.79 bits per heavy atom. The van der Waals surface area contributed by atoms with Gasteiger partial charge in [-0.3, -0.25) is 13.9 Å². The van der Waals surface area contributed by atoms with Crippen molar-refractivity contribution in [3.05, 3.63) is 51.0 Å². The van der Waals surface area contributed by atoms with Crippen molar-refractivity contribution in [3.8, 4) is 0 Å². The molecule has 4 rings (SSSR count).